The number of carbonyl (C=O) groups excluding carboxylic acids is 1. The maximum atomic E-state index is 13.4. The van der Waals surface area contributed by atoms with Gasteiger partial charge in [0.1, 0.15) is 0 Å². The van der Waals surface area contributed by atoms with Crippen LogP contribution in [0.4, 0.5) is 9.59 Å². The Morgan fingerprint density at radius 2 is 2.00 bits per heavy atom. The van der Waals surface area contributed by atoms with Crippen molar-refractivity contribution in [1.29, 1.82) is 0 Å². The summed E-state index contributed by atoms with van der Waals surface area (Å²) in [7, 11) is 1.56. The van der Waals surface area contributed by atoms with E-state index < -0.39 is 6.09 Å². The van der Waals surface area contributed by atoms with Crippen molar-refractivity contribution in [2.75, 3.05) is 33.3 Å². The Hall–Kier alpha value is -2.03. The number of halogens is 1. The number of nitrogens with zero attached hydrogens (tertiary/aromatic N) is 2. The van der Waals surface area contributed by atoms with Gasteiger partial charge in [-0.3, -0.25) is 0 Å². The van der Waals surface area contributed by atoms with Crippen molar-refractivity contribution in [3.05, 3.63) is 34.9 Å². The van der Waals surface area contributed by atoms with Gasteiger partial charge in [-0.05, 0) is 49.8 Å². The summed E-state index contributed by atoms with van der Waals surface area (Å²) >= 11 is 6.27. The van der Waals surface area contributed by atoms with E-state index in [1.165, 1.54) is 24.2 Å². The maximum Gasteiger partial charge on any atom is 0.407 e. The fraction of sp³-hybridized carbons (Fsp3) is 0.704. The quantitative estimate of drug-likeness (QED) is 0.395. The molecule has 202 valence electrons. The molecule has 8 nitrogen and oxygen atoms in total. The minimum atomic E-state index is -0.980. The molecule has 4 N–H and O–H groups in total. The van der Waals surface area contributed by atoms with E-state index in [4.69, 9.17) is 22.1 Å². The summed E-state index contributed by atoms with van der Waals surface area (Å²) in [5.41, 5.74) is 6.97. The van der Waals surface area contributed by atoms with E-state index >= 15 is 0 Å². The lowest BCUT2D eigenvalue weighted by Crippen LogP contribution is -2.52. The highest BCUT2D eigenvalue weighted by atomic mass is 35.5. The normalized spacial score (nSPS) is 21.4. The Labute approximate surface area is 220 Å². The number of nitrogens with one attached hydrogen (secondary N) is 1. The van der Waals surface area contributed by atoms with Crippen LogP contribution in [-0.4, -0.2) is 72.4 Å². The Morgan fingerprint density at radius 1 is 1.25 bits per heavy atom. The number of rotatable bonds is 10. The highest BCUT2D eigenvalue weighted by Crippen LogP contribution is 2.34. The van der Waals surface area contributed by atoms with Crippen molar-refractivity contribution in [3.8, 4) is 0 Å². The van der Waals surface area contributed by atoms with E-state index in [1.54, 1.807) is 7.05 Å². The number of urea groups is 1. The number of likely N-dealkylation sites (tertiary alicyclic amines) is 1. The molecule has 9 heteroatoms. The molecular weight excluding hydrogens is 480 g/mol. The van der Waals surface area contributed by atoms with Crippen molar-refractivity contribution in [2.24, 2.45) is 17.6 Å². The van der Waals surface area contributed by atoms with Gasteiger partial charge in [-0.2, -0.15) is 0 Å². The average Bonchev–Trinajstić information content (AvgIpc) is 2.84. The van der Waals surface area contributed by atoms with E-state index in [-0.39, 0.29) is 36.7 Å². The van der Waals surface area contributed by atoms with Gasteiger partial charge >= 0.3 is 12.1 Å². The predicted molar refractivity (Wildman–Crippen MR) is 142 cm³/mol. The molecule has 0 bridgehead atoms. The smallest absolute Gasteiger partial charge is 0.407 e. The molecule has 1 saturated heterocycles. The van der Waals surface area contributed by atoms with Crippen LogP contribution >= 0.6 is 11.6 Å². The minimum Gasteiger partial charge on any atom is -0.465 e. The molecule has 1 aliphatic carbocycles. The van der Waals surface area contributed by atoms with Crippen LogP contribution in [-0.2, 0) is 4.74 Å². The van der Waals surface area contributed by atoms with Gasteiger partial charge < -0.3 is 30.7 Å². The highest BCUT2D eigenvalue weighted by molar-refractivity contribution is 6.30. The van der Waals surface area contributed by atoms with Crippen molar-refractivity contribution in [2.45, 2.75) is 76.5 Å². The van der Waals surface area contributed by atoms with Gasteiger partial charge in [0.2, 0.25) is 0 Å². The second kappa shape index (κ2) is 14.1. The van der Waals surface area contributed by atoms with Gasteiger partial charge in [0.15, 0.2) is 0 Å². The van der Waals surface area contributed by atoms with E-state index in [0.29, 0.717) is 30.6 Å². The third kappa shape index (κ3) is 8.82. The van der Waals surface area contributed by atoms with E-state index in [1.807, 2.05) is 36.1 Å². The molecule has 36 heavy (non-hydrogen) atoms. The molecule has 1 aromatic rings. The lowest BCUT2D eigenvalue weighted by Gasteiger charge is -2.38. The summed E-state index contributed by atoms with van der Waals surface area (Å²) < 4.78 is 6.26. The van der Waals surface area contributed by atoms with Crippen LogP contribution in [0, 0.1) is 11.8 Å². The number of carboxylic acid groups (broad SMARTS) is 1. The molecule has 2 aliphatic rings. The first kappa shape index (κ1) is 28.5. The number of amides is 3. The van der Waals surface area contributed by atoms with Crippen LogP contribution in [0.25, 0.3) is 0 Å². The Balaban J connectivity index is 1.68. The summed E-state index contributed by atoms with van der Waals surface area (Å²) in [6, 6.07) is 7.27. The first-order valence-corrected chi connectivity index (χ1v) is 13.7. The lowest BCUT2D eigenvalue weighted by molar-refractivity contribution is -0.0145. The van der Waals surface area contributed by atoms with Crippen molar-refractivity contribution in [1.82, 2.24) is 15.1 Å². The zero-order valence-electron chi connectivity index (χ0n) is 21.7. The number of hydrogen-bond acceptors (Lipinski definition) is 4. The number of ether oxygens (including phenoxy) is 1. The summed E-state index contributed by atoms with van der Waals surface area (Å²) in [6.45, 7) is 3.86. The van der Waals surface area contributed by atoms with Crippen LogP contribution in [0.1, 0.15) is 70.0 Å². The summed E-state index contributed by atoms with van der Waals surface area (Å²) in [5.74, 6) is 0.638. The van der Waals surface area contributed by atoms with Crippen molar-refractivity contribution in [3.63, 3.8) is 0 Å². The molecular formula is C27H43ClN4O4. The second-order valence-corrected chi connectivity index (χ2v) is 11.1. The van der Waals surface area contributed by atoms with Crippen LogP contribution in [0.3, 0.4) is 0 Å². The first-order valence-electron chi connectivity index (χ1n) is 13.3. The number of likely N-dealkylation sites (N-methyl/N-ethyl adjacent to an activating group) is 1. The molecule has 1 heterocycles. The summed E-state index contributed by atoms with van der Waals surface area (Å²) in [4.78, 5) is 28.0. The molecule has 0 spiro atoms. The molecule has 3 amide bonds. The zero-order chi connectivity index (χ0) is 26.1. The monoisotopic (exact) mass is 522 g/mol. The average molecular weight is 523 g/mol. The molecule has 1 unspecified atom stereocenters. The van der Waals surface area contributed by atoms with Crippen LogP contribution < -0.4 is 11.1 Å². The van der Waals surface area contributed by atoms with Crippen LogP contribution in [0.15, 0.2) is 24.3 Å². The Bertz CT molecular complexity index is 849. The lowest BCUT2D eigenvalue weighted by atomic mass is 9.84. The fourth-order valence-corrected chi connectivity index (χ4v) is 5.76. The minimum absolute atomic E-state index is 0.0959. The highest BCUT2D eigenvalue weighted by Gasteiger charge is 2.33. The Morgan fingerprint density at radius 3 is 2.67 bits per heavy atom. The predicted octanol–water partition coefficient (Wildman–Crippen LogP) is 5.12. The van der Waals surface area contributed by atoms with Gasteiger partial charge in [0.05, 0.1) is 12.7 Å². The van der Waals surface area contributed by atoms with Crippen LogP contribution in [0.5, 0.6) is 0 Å². The largest absolute Gasteiger partial charge is 0.465 e. The van der Waals surface area contributed by atoms with Gasteiger partial charge in [0.25, 0.3) is 0 Å². The standard InChI is InChI=1S/C27H43ClN4O4/c1-19(29)18-36-25(21-10-6-12-23(28)15-21)22-11-7-13-32(16-22)26(33)30-24(17-31(2)27(34)35)14-20-8-4-3-5-9-20/h6,10,12,15,19-20,22,24-25H,3-5,7-9,11,13-14,16-18,29H2,1-2H3,(H,30,33)(H,34,35)/t19?,22-,24+,25+/m1/s1. The van der Waals surface area contributed by atoms with E-state index in [2.05, 4.69) is 5.32 Å². The number of piperidine rings is 1. The topological polar surface area (TPSA) is 108 Å². The summed E-state index contributed by atoms with van der Waals surface area (Å²) in [6.07, 6.45) is 7.40. The molecule has 1 saturated carbocycles. The Kier molecular flexibility index (Phi) is 11.1. The SMILES string of the molecule is CC(N)CO[C@@H](c1cccc(Cl)c1)[C@@H]1CCCN(C(=O)N[C@@H](CC2CCCCC2)CN(C)C(=O)O)C1. The van der Waals surface area contributed by atoms with Gasteiger partial charge in [-0.1, -0.05) is 55.8 Å². The van der Waals surface area contributed by atoms with Crippen LogP contribution in [0.2, 0.25) is 5.02 Å². The zero-order valence-corrected chi connectivity index (χ0v) is 22.5. The third-order valence-corrected chi connectivity index (χ3v) is 7.62. The summed E-state index contributed by atoms with van der Waals surface area (Å²) in [5, 5.41) is 13.2. The third-order valence-electron chi connectivity index (χ3n) is 7.38. The van der Waals surface area contributed by atoms with Gasteiger partial charge in [0, 0.05) is 49.7 Å². The second-order valence-electron chi connectivity index (χ2n) is 10.7. The fourth-order valence-electron chi connectivity index (χ4n) is 5.56. The molecule has 2 fully saturated rings. The molecule has 0 radical (unpaired) electrons. The van der Waals surface area contributed by atoms with Crippen molar-refractivity contribution >= 4 is 23.7 Å². The number of benzene rings is 1. The first-order chi connectivity index (χ1) is 17.2. The molecule has 4 atom stereocenters. The van der Waals surface area contributed by atoms with E-state index in [9.17, 15) is 14.7 Å². The molecule has 1 aromatic carbocycles. The number of carbonyl (C=O) groups is 2. The molecule has 0 aromatic heterocycles. The van der Waals surface area contributed by atoms with Gasteiger partial charge in [-0.15, -0.1) is 0 Å². The molecule has 1 aliphatic heterocycles. The number of hydrogen-bond donors (Lipinski definition) is 3. The van der Waals surface area contributed by atoms with Gasteiger partial charge in [-0.25, -0.2) is 9.59 Å². The number of nitrogens with two attached hydrogens (primary N) is 1. The van der Waals surface area contributed by atoms with E-state index in [0.717, 1.165) is 37.7 Å². The van der Waals surface area contributed by atoms with Crippen molar-refractivity contribution < 1.29 is 19.4 Å². The molecule has 3 rings (SSSR count). The maximum absolute atomic E-state index is 13.4.